The van der Waals surface area contributed by atoms with Gasteiger partial charge in [0.25, 0.3) is 0 Å². The number of carbonyl (C=O) groups is 1. The molecular formula is C19H23N3O3S. The van der Waals surface area contributed by atoms with Crippen LogP contribution in [0.1, 0.15) is 31.4 Å². The molecule has 0 saturated carbocycles. The van der Waals surface area contributed by atoms with E-state index >= 15 is 0 Å². The number of benzene rings is 1. The summed E-state index contributed by atoms with van der Waals surface area (Å²) in [6.45, 7) is 1.67. The summed E-state index contributed by atoms with van der Waals surface area (Å²) >= 11 is 1.62. The molecule has 0 aliphatic carbocycles. The number of carboxylic acids is 1. The minimum Gasteiger partial charge on any atom is -0.481 e. The summed E-state index contributed by atoms with van der Waals surface area (Å²) in [7, 11) is 0. The quantitative estimate of drug-likeness (QED) is 0.722. The maximum Gasteiger partial charge on any atom is 0.305 e. The highest BCUT2D eigenvalue weighted by Crippen LogP contribution is 2.29. The summed E-state index contributed by atoms with van der Waals surface area (Å²) in [5, 5.41) is 14.5. The molecule has 2 unspecified atom stereocenters. The van der Waals surface area contributed by atoms with E-state index in [0.29, 0.717) is 0 Å². The van der Waals surface area contributed by atoms with Gasteiger partial charge in [0.2, 0.25) is 0 Å². The second-order valence-electron chi connectivity index (χ2n) is 6.82. The first-order valence-corrected chi connectivity index (χ1v) is 10.1. The second-order valence-corrected chi connectivity index (χ2v) is 7.83. The molecule has 2 aliphatic heterocycles. The van der Waals surface area contributed by atoms with Gasteiger partial charge in [-0.1, -0.05) is 12.1 Å². The standard InChI is InChI=1S/C19H23N3O3S/c23-17(24)9-13-11-26-19(21-13)16-8-12-4-3-6-15(18(12)22-16)20-10-14-5-1-2-7-25-14/h3-4,6,8,13-14,20,22H,1-2,5,7,9-11H2,(H,23,24). The number of aliphatic carboxylic acids is 1. The first-order valence-electron chi connectivity index (χ1n) is 9.09. The van der Waals surface area contributed by atoms with Crippen LogP contribution in [-0.4, -0.2) is 52.2 Å². The first-order chi connectivity index (χ1) is 12.7. The van der Waals surface area contributed by atoms with Crippen molar-refractivity contribution < 1.29 is 14.6 Å². The van der Waals surface area contributed by atoms with E-state index in [1.807, 2.05) is 6.07 Å². The zero-order valence-electron chi connectivity index (χ0n) is 14.5. The number of hydrogen-bond donors (Lipinski definition) is 3. The van der Waals surface area contributed by atoms with Crippen LogP contribution in [0.3, 0.4) is 0 Å². The summed E-state index contributed by atoms with van der Waals surface area (Å²) in [5.74, 6) is -0.0742. The summed E-state index contributed by atoms with van der Waals surface area (Å²) < 4.78 is 5.80. The molecule has 0 spiro atoms. The van der Waals surface area contributed by atoms with Crippen LogP contribution in [0, 0.1) is 0 Å². The SMILES string of the molecule is O=C(O)CC1CSC(c2cc3cccc(NCC4CCCCO4)c3[nH]2)=N1. The largest absolute Gasteiger partial charge is 0.481 e. The highest BCUT2D eigenvalue weighted by molar-refractivity contribution is 8.14. The Hall–Kier alpha value is -1.99. The molecule has 1 aromatic carbocycles. The van der Waals surface area contributed by atoms with Gasteiger partial charge in [0.15, 0.2) is 0 Å². The van der Waals surface area contributed by atoms with E-state index in [2.05, 4.69) is 33.5 Å². The van der Waals surface area contributed by atoms with Crippen molar-refractivity contribution >= 4 is 39.4 Å². The molecule has 6 nitrogen and oxygen atoms in total. The first kappa shape index (κ1) is 17.4. The van der Waals surface area contributed by atoms with Gasteiger partial charge in [0.1, 0.15) is 5.04 Å². The summed E-state index contributed by atoms with van der Waals surface area (Å²) in [4.78, 5) is 18.9. The summed E-state index contributed by atoms with van der Waals surface area (Å²) in [6, 6.07) is 8.14. The van der Waals surface area contributed by atoms with Crippen molar-refractivity contribution in [1.82, 2.24) is 4.98 Å². The lowest BCUT2D eigenvalue weighted by Gasteiger charge is -2.23. The van der Waals surface area contributed by atoms with Gasteiger partial charge >= 0.3 is 5.97 Å². The zero-order chi connectivity index (χ0) is 17.9. The normalized spacial score (nSPS) is 23.2. The van der Waals surface area contributed by atoms with E-state index in [0.717, 1.165) is 59.1 Å². The van der Waals surface area contributed by atoms with E-state index in [1.165, 1.54) is 6.42 Å². The van der Waals surface area contributed by atoms with Crippen LogP contribution in [0.15, 0.2) is 29.3 Å². The van der Waals surface area contributed by atoms with Crippen LogP contribution in [-0.2, 0) is 9.53 Å². The zero-order valence-corrected chi connectivity index (χ0v) is 15.3. The Morgan fingerprint density at radius 3 is 3.15 bits per heavy atom. The molecule has 1 aromatic heterocycles. The van der Waals surface area contributed by atoms with E-state index < -0.39 is 5.97 Å². The molecule has 3 N–H and O–H groups in total. The lowest BCUT2D eigenvalue weighted by molar-refractivity contribution is -0.137. The van der Waals surface area contributed by atoms with Crippen molar-refractivity contribution in [1.29, 1.82) is 0 Å². The number of para-hydroxylation sites is 1. The average Bonchev–Trinajstić information content (AvgIpc) is 3.27. The van der Waals surface area contributed by atoms with Gasteiger partial charge < -0.3 is 20.1 Å². The molecule has 7 heteroatoms. The highest BCUT2D eigenvalue weighted by atomic mass is 32.2. The van der Waals surface area contributed by atoms with Gasteiger partial charge in [0.05, 0.1) is 35.5 Å². The Balaban J connectivity index is 1.51. The van der Waals surface area contributed by atoms with E-state index in [4.69, 9.17) is 9.84 Å². The lowest BCUT2D eigenvalue weighted by Crippen LogP contribution is -2.27. The van der Waals surface area contributed by atoms with Gasteiger partial charge in [-0.2, -0.15) is 0 Å². The Kier molecular flexibility index (Phi) is 5.17. The minimum absolute atomic E-state index is 0.0882. The fourth-order valence-corrected chi connectivity index (χ4v) is 4.51. The van der Waals surface area contributed by atoms with Crippen molar-refractivity contribution in [3.05, 3.63) is 30.0 Å². The monoisotopic (exact) mass is 373 g/mol. The van der Waals surface area contributed by atoms with Crippen molar-refractivity contribution in [2.45, 2.75) is 37.8 Å². The van der Waals surface area contributed by atoms with Crippen LogP contribution in [0.25, 0.3) is 10.9 Å². The fraction of sp³-hybridized carbons (Fsp3) is 0.474. The third kappa shape index (κ3) is 3.88. The third-order valence-electron chi connectivity index (χ3n) is 4.80. The van der Waals surface area contributed by atoms with Crippen LogP contribution in [0.5, 0.6) is 0 Å². The Labute approximate surface area is 156 Å². The van der Waals surface area contributed by atoms with Crippen LogP contribution in [0.4, 0.5) is 5.69 Å². The van der Waals surface area contributed by atoms with Crippen molar-refractivity contribution in [2.75, 3.05) is 24.2 Å². The van der Waals surface area contributed by atoms with Crippen LogP contribution >= 0.6 is 11.8 Å². The number of carboxylic acid groups (broad SMARTS) is 1. The van der Waals surface area contributed by atoms with Crippen LogP contribution in [0.2, 0.25) is 0 Å². The predicted octanol–water partition coefficient (Wildman–Crippen LogP) is 3.49. The molecule has 0 bridgehead atoms. The maximum atomic E-state index is 10.9. The van der Waals surface area contributed by atoms with E-state index in [1.54, 1.807) is 11.8 Å². The molecule has 2 aliphatic rings. The number of nitrogens with zero attached hydrogens (tertiary/aromatic N) is 1. The summed E-state index contributed by atoms with van der Waals surface area (Å²) in [6.07, 6.45) is 3.87. The molecular weight excluding hydrogens is 350 g/mol. The molecule has 0 amide bonds. The van der Waals surface area contributed by atoms with Gasteiger partial charge in [-0.05, 0) is 31.4 Å². The van der Waals surface area contributed by atoms with Gasteiger partial charge in [0, 0.05) is 24.3 Å². The van der Waals surface area contributed by atoms with Crippen molar-refractivity contribution in [3.63, 3.8) is 0 Å². The number of anilines is 1. The number of aromatic nitrogens is 1. The second kappa shape index (κ2) is 7.72. The van der Waals surface area contributed by atoms with E-state index in [-0.39, 0.29) is 18.6 Å². The lowest BCUT2D eigenvalue weighted by atomic mass is 10.1. The predicted molar refractivity (Wildman–Crippen MR) is 105 cm³/mol. The highest BCUT2D eigenvalue weighted by Gasteiger charge is 2.23. The number of nitrogens with one attached hydrogen (secondary N) is 2. The Morgan fingerprint density at radius 1 is 1.42 bits per heavy atom. The van der Waals surface area contributed by atoms with E-state index in [9.17, 15) is 4.79 Å². The smallest absolute Gasteiger partial charge is 0.305 e. The molecule has 26 heavy (non-hydrogen) atoms. The van der Waals surface area contributed by atoms with Gasteiger partial charge in [-0.3, -0.25) is 9.79 Å². The molecule has 3 heterocycles. The van der Waals surface area contributed by atoms with Crippen LogP contribution < -0.4 is 5.32 Å². The van der Waals surface area contributed by atoms with Crippen molar-refractivity contribution in [3.8, 4) is 0 Å². The Bertz CT molecular complexity index is 827. The summed E-state index contributed by atoms with van der Waals surface area (Å²) in [5.41, 5.74) is 3.08. The fourth-order valence-electron chi connectivity index (χ4n) is 3.48. The Morgan fingerprint density at radius 2 is 2.35 bits per heavy atom. The molecule has 4 rings (SSSR count). The number of fused-ring (bicyclic) bond motifs is 1. The number of rotatable bonds is 6. The molecule has 0 radical (unpaired) electrons. The maximum absolute atomic E-state index is 10.9. The third-order valence-corrected chi connectivity index (χ3v) is 5.95. The topological polar surface area (TPSA) is 86.7 Å². The van der Waals surface area contributed by atoms with Gasteiger partial charge in [-0.25, -0.2) is 0 Å². The molecule has 1 fully saturated rings. The number of hydrogen-bond acceptors (Lipinski definition) is 5. The van der Waals surface area contributed by atoms with Crippen molar-refractivity contribution in [2.24, 2.45) is 4.99 Å². The number of aromatic amines is 1. The number of ether oxygens (including phenoxy) is 1. The minimum atomic E-state index is -0.798. The molecule has 138 valence electrons. The van der Waals surface area contributed by atoms with Gasteiger partial charge in [-0.15, -0.1) is 11.8 Å². The molecule has 1 saturated heterocycles. The molecule has 2 aromatic rings. The number of H-pyrrole nitrogens is 1. The average molecular weight is 373 g/mol. The molecule has 2 atom stereocenters. The number of thioether (sulfide) groups is 1. The number of aliphatic imine (C=N–C) groups is 1.